The molecule has 0 aromatic rings. The van der Waals surface area contributed by atoms with Gasteiger partial charge in [0.1, 0.15) is 12.6 Å². The van der Waals surface area contributed by atoms with Gasteiger partial charge in [-0.3, -0.25) is 0 Å². The number of ether oxygens (including phenoxy) is 2. The van der Waals surface area contributed by atoms with E-state index in [1.165, 1.54) is 7.11 Å². The van der Waals surface area contributed by atoms with Gasteiger partial charge < -0.3 is 14.8 Å². The summed E-state index contributed by atoms with van der Waals surface area (Å²) < 4.78 is 7.70. The Morgan fingerprint density at radius 1 is 1.44 bits per heavy atom. The van der Waals surface area contributed by atoms with Crippen molar-refractivity contribution in [2.75, 3.05) is 18.1 Å². The molecule has 16 heavy (non-hydrogen) atoms. The van der Waals surface area contributed by atoms with Crippen LogP contribution < -0.4 is 5.32 Å². The van der Waals surface area contributed by atoms with Crippen LogP contribution in [0.2, 0.25) is 0 Å². The second-order valence-electron chi connectivity index (χ2n) is 2.57. The van der Waals surface area contributed by atoms with Crippen LogP contribution in [0, 0.1) is 0 Å². The van der Waals surface area contributed by atoms with Gasteiger partial charge in [0.25, 0.3) is 0 Å². The number of nitrogens with one attached hydrogen (secondary N) is 1. The van der Waals surface area contributed by atoms with E-state index in [-0.39, 0.29) is 0 Å². The average Bonchev–Trinajstić information content (AvgIpc) is 2.21. The highest BCUT2D eigenvalue weighted by Gasteiger charge is 2.25. The number of carbonyl (C=O) groups excluding carboxylic acids is 2. The fourth-order valence-corrected chi connectivity index (χ4v) is 1.38. The maximum atomic E-state index is 11.2. The van der Waals surface area contributed by atoms with Crippen molar-refractivity contribution in [1.82, 2.24) is 5.32 Å². The molecule has 0 fully saturated rings. The molecule has 0 aromatic heterocycles. The Morgan fingerprint density at radius 2 is 2.00 bits per heavy atom. The molecule has 0 aromatic carbocycles. The first-order chi connectivity index (χ1) is 7.30. The SMILES string of the molecule is COC(=O)C(CI)NC(=O)OCC(Cl)(Cl)Cl. The lowest BCUT2D eigenvalue weighted by molar-refractivity contribution is -0.142. The second kappa shape index (κ2) is 7.62. The molecule has 94 valence electrons. The quantitative estimate of drug-likeness (QED) is 0.443. The third-order valence-corrected chi connectivity index (χ3v) is 2.51. The number of esters is 1. The van der Waals surface area contributed by atoms with E-state index in [0.29, 0.717) is 4.43 Å². The molecular formula is C7H9Cl3INO4. The Hall–Kier alpha value is 0.340. The first-order valence-corrected chi connectivity index (χ1v) is 6.60. The smallest absolute Gasteiger partial charge is 0.408 e. The fraction of sp³-hybridized carbons (Fsp3) is 0.714. The van der Waals surface area contributed by atoms with Crippen molar-refractivity contribution in [2.24, 2.45) is 0 Å². The van der Waals surface area contributed by atoms with Crippen molar-refractivity contribution in [2.45, 2.75) is 9.83 Å². The van der Waals surface area contributed by atoms with Crippen molar-refractivity contribution < 1.29 is 19.1 Å². The molecule has 0 spiro atoms. The van der Waals surface area contributed by atoms with Gasteiger partial charge in [0.15, 0.2) is 0 Å². The molecule has 0 aliphatic heterocycles. The molecule has 0 saturated heterocycles. The van der Waals surface area contributed by atoms with Crippen molar-refractivity contribution in [3.05, 3.63) is 0 Å². The molecule has 0 radical (unpaired) electrons. The number of alkyl carbamates (subject to hydrolysis) is 1. The third-order valence-electron chi connectivity index (χ3n) is 1.30. The maximum absolute atomic E-state index is 11.2. The van der Waals surface area contributed by atoms with Crippen LogP contribution in [-0.2, 0) is 14.3 Å². The minimum atomic E-state index is -1.68. The first-order valence-electron chi connectivity index (χ1n) is 3.94. The molecule has 0 heterocycles. The van der Waals surface area contributed by atoms with Crippen LogP contribution in [0.1, 0.15) is 0 Å². The third kappa shape index (κ3) is 7.59. The number of hydrogen-bond acceptors (Lipinski definition) is 4. The molecule has 1 atom stereocenters. The van der Waals surface area contributed by atoms with E-state index in [1.807, 2.05) is 22.6 Å². The summed E-state index contributed by atoms with van der Waals surface area (Å²) in [5, 5.41) is 2.27. The largest absolute Gasteiger partial charge is 0.467 e. The number of hydrogen-bond donors (Lipinski definition) is 1. The number of carbonyl (C=O) groups is 2. The number of amides is 1. The van der Waals surface area contributed by atoms with Crippen LogP contribution in [0.4, 0.5) is 4.79 Å². The summed E-state index contributed by atoms with van der Waals surface area (Å²) in [6, 6.07) is -0.784. The predicted octanol–water partition coefficient (Wildman–Crippen LogP) is 2.06. The lowest BCUT2D eigenvalue weighted by atomic mass is 10.3. The topological polar surface area (TPSA) is 64.6 Å². The minimum absolute atomic E-state index is 0.341. The normalized spacial score (nSPS) is 12.8. The van der Waals surface area contributed by atoms with Crippen molar-refractivity contribution in [3.8, 4) is 0 Å². The number of halogens is 4. The molecule has 5 nitrogen and oxygen atoms in total. The van der Waals surface area contributed by atoms with Gasteiger partial charge in [-0.05, 0) is 0 Å². The zero-order valence-corrected chi connectivity index (χ0v) is 12.6. The molecule has 0 bridgehead atoms. The molecule has 0 aliphatic carbocycles. The van der Waals surface area contributed by atoms with E-state index in [1.54, 1.807) is 0 Å². The minimum Gasteiger partial charge on any atom is -0.467 e. The average molecular weight is 404 g/mol. The highest BCUT2D eigenvalue weighted by Crippen LogP contribution is 2.25. The van der Waals surface area contributed by atoms with E-state index in [0.717, 1.165) is 0 Å². The Labute approximate surface area is 121 Å². The second-order valence-corrected chi connectivity index (χ2v) is 5.96. The molecule has 1 unspecified atom stereocenters. The zero-order chi connectivity index (χ0) is 12.8. The molecule has 0 rings (SSSR count). The van der Waals surface area contributed by atoms with E-state index in [9.17, 15) is 9.59 Å². The summed E-state index contributed by atoms with van der Waals surface area (Å²) in [5.41, 5.74) is 0. The summed E-state index contributed by atoms with van der Waals surface area (Å²) in [6.07, 6.45) is -0.849. The highest BCUT2D eigenvalue weighted by molar-refractivity contribution is 14.1. The Balaban J connectivity index is 4.07. The van der Waals surface area contributed by atoms with Gasteiger partial charge >= 0.3 is 12.1 Å². The standard InChI is InChI=1S/C7H9Cl3INO4/c1-15-5(13)4(2-11)12-6(14)16-3-7(8,9)10/h4H,2-3H2,1H3,(H,12,14). The molecule has 1 N–H and O–H groups in total. The summed E-state index contributed by atoms with van der Waals surface area (Å²) in [5.74, 6) is -0.569. The monoisotopic (exact) mass is 403 g/mol. The summed E-state index contributed by atoms with van der Waals surface area (Å²) in [6.45, 7) is -0.404. The maximum Gasteiger partial charge on any atom is 0.408 e. The number of rotatable bonds is 4. The van der Waals surface area contributed by atoms with E-state index >= 15 is 0 Å². The number of methoxy groups -OCH3 is 1. The molecule has 0 aliphatic rings. The van der Waals surface area contributed by atoms with Gasteiger partial charge in [-0.1, -0.05) is 57.4 Å². The number of alkyl halides is 4. The van der Waals surface area contributed by atoms with Gasteiger partial charge in [-0.2, -0.15) is 0 Å². The molecular weight excluding hydrogens is 395 g/mol. The van der Waals surface area contributed by atoms with Gasteiger partial charge in [-0.15, -0.1) is 0 Å². The highest BCUT2D eigenvalue weighted by atomic mass is 127. The van der Waals surface area contributed by atoms with E-state index < -0.39 is 28.5 Å². The zero-order valence-electron chi connectivity index (χ0n) is 8.14. The molecule has 9 heteroatoms. The van der Waals surface area contributed by atoms with Crippen LogP contribution in [0.15, 0.2) is 0 Å². The van der Waals surface area contributed by atoms with Crippen LogP contribution in [-0.4, -0.2) is 40.0 Å². The van der Waals surface area contributed by atoms with Crippen LogP contribution in [0.25, 0.3) is 0 Å². The van der Waals surface area contributed by atoms with Crippen LogP contribution in [0.3, 0.4) is 0 Å². The van der Waals surface area contributed by atoms with E-state index in [4.69, 9.17) is 34.8 Å². The lowest BCUT2D eigenvalue weighted by Gasteiger charge is -2.15. The lowest BCUT2D eigenvalue weighted by Crippen LogP contribution is -2.43. The Bertz CT molecular complexity index is 259. The summed E-state index contributed by atoms with van der Waals surface area (Å²) in [7, 11) is 1.22. The summed E-state index contributed by atoms with van der Waals surface area (Å²) in [4.78, 5) is 22.3. The van der Waals surface area contributed by atoms with Gasteiger partial charge in [0, 0.05) is 4.43 Å². The van der Waals surface area contributed by atoms with Crippen LogP contribution in [0.5, 0.6) is 0 Å². The van der Waals surface area contributed by atoms with Crippen molar-refractivity contribution in [3.63, 3.8) is 0 Å². The first kappa shape index (κ1) is 16.3. The Morgan fingerprint density at radius 3 is 2.38 bits per heavy atom. The van der Waals surface area contributed by atoms with Gasteiger partial charge in [0.05, 0.1) is 7.11 Å². The summed E-state index contributed by atoms with van der Waals surface area (Å²) >= 11 is 18.0. The molecule has 1 amide bonds. The van der Waals surface area contributed by atoms with E-state index in [2.05, 4.69) is 14.8 Å². The van der Waals surface area contributed by atoms with Gasteiger partial charge in [0.2, 0.25) is 3.79 Å². The predicted molar refractivity (Wildman–Crippen MR) is 69.5 cm³/mol. The van der Waals surface area contributed by atoms with Crippen molar-refractivity contribution in [1.29, 1.82) is 0 Å². The van der Waals surface area contributed by atoms with Crippen molar-refractivity contribution >= 4 is 69.5 Å². The molecule has 0 saturated carbocycles. The van der Waals surface area contributed by atoms with Gasteiger partial charge in [-0.25, -0.2) is 9.59 Å². The fourth-order valence-electron chi connectivity index (χ4n) is 0.634. The van der Waals surface area contributed by atoms with Crippen LogP contribution >= 0.6 is 57.4 Å². The Kier molecular flexibility index (Phi) is 7.79.